The van der Waals surface area contributed by atoms with E-state index < -0.39 is 0 Å². The molecule has 0 saturated heterocycles. The number of ether oxygens (including phenoxy) is 2. The molecular weight excluding hydrogens is 457 g/mol. The summed E-state index contributed by atoms with van der Waals surface area (Å²) in [7, 11) is 1.62. The molecule has 0 fully saturated rings. The first-order chi connectivity index (χ1) is 17.6. The third-order valence-corrected chi connectivity index (χ3v) is 6.43. The van der Waals surface area contributed by atoms with Crippen LogP contribution in [0.3, 0.4) is 0 Å². The van der Waals surface area contributed by atoms with E-state index in [9.17, 15) is 9.18 Å². The lowest BCUT2D eigenvalue weighted by Crippen LogP contribution is -2.29. The van der Waals surface area contributed by atoms with Crippen molar-refractivity contribution in [2.24, 2.45) is 0 Å². The van der Waals surface area contributed by atoms with Crippen LogP contribution in [0.4, 0.5) is 4.39 Å². The average molecular weight is 486 g/mol. The van der Waals surface area contributed by atoms with Crippen molar-refractivity contribution in [1.82, 2.24) is 15.1 Å². The van der Waals surface area contributed by atoms with Gasteiger partial charge in [0.25, 0.3) is 5.91 Å². The van der Waals surface area contributed by atoms with Gasteiger partial charge in [-0.1, -0.05) is 37.6 Å². The van der Waals surface area contributed by atoms with Gasteiger partial charge in [-0.2, -0.15) is 5.10 Å². The number of benzene rings is 3. The summed E-state index contributed by atoms with van der Waals surface area (Å²) in [6, 6.07) is 21.3. The highest BCUT2D eigenvalue weighted by atomic mass is 19.1. The highest BCUT2D eigenvalue weighted by molar-refractivity contribution is 6.00. The first kappa shape index (κ1) is 23.6. The molecule has 5 rings (SSSR count). The van der Waals surface area contributed by atoms with E-state index in [-0.39, 0.29) is 17.8 Å². The zero-order chi connectivity index (χ0) is 25.1. The van der Waals surface area contributed by atoms with Crippen LogP contribution in [0.15, 0.2) is 72.8 Å². The lowest BCUT2D eigenvalue weighted by molar-refractivity contribution is 0.0729. The van der Waals surface area contributed by atoms with Crippen LogP contribution in [0.5, 0.6) is 11.5 Å². The SMILES string of the molecule is CCCCOc1cccc(C2c3c(-c4ccc(OC)cc4)n[nH]c3C(=O)N2Cc2ccc(F)cc2)c1. The standard InChI is InChI=1S/C29H28FN3O3/c1-3-4-16-36-24-7-5-6-21(17-24)28-25-26(20-10-14-23(35-2)15-11-20)31-32-27(25)29(34)33(28)18-19-8-12-22(30)13-9-19/h5-15,17,28H,3-4,16,18H2,1-2H3,(H,31,32). The summed E-state index contributed by atoms with van der Waals surface area (Å²) < 4.78 is 24.8. The number of aromatic nitrogens is 2. The maximum absolute atomic E-state index is 13.6. The minimum Gasteiger partial charge on any atom is -0.497 e. The molecule has 4 aromatic rings. The Morgan fingerprint density at radius 1 is 1.03 bits per heavy atom. The second kappa shape index (κ2) is 10.2. The zero-order valence-electron chi connectivity index (χ0n) is 20.3. The summed E-state index contributed by atoms with van der Waals surface area (Å²) in [6.07, 6.45) is 2.02. The molecule has 1 aliphatic heterocycles. The van der Waals surface area contributed by atoms with Gasteiger partial charge in [-0.3, -0.25) is 9.89 Å². The fourth-order valence-electron chi connectivity index (χ4n) is 4.57. The Labute approximate surface area is 209 Å². The zero-order valence-corrected chi connectivity index (χ0v) is 20.3. The first-order valence-electron chi connectivity index (χ1n) is 12.1. The highest BCUT2D eigenvalue weighted by Crippen LogP contribution is 2.44. The van der Waals surface area contributed by atoms with Crippen LogP contribution < -0.4 is 9.47 Å². The van der Waals surface area contributed by atoms with Crippen molar-refractivity contribution in [1.29, 1.82) is 0 Å². The van der Waals surface area contributed by atoms with Crippen LogP contribution in [-0.2, 0) is 6.54 Å². The van der Waals surface area contributed by atoms with E-state index in [0.717, 1.165) is 46.6 Å². The van der Waals surface area contributed by atoms with E-state index in [1.807, 2.05) is 48.5 Å². The fraction of sp³-hybridized carbons (Fsp3) is 0.241. The number of nitrogens with zero attached hydrogens (tertiary/aromatic N) is 2. The second-order valence-corrected chi connectivity index (χ2v) is 8.83. The monoisotopic (exact) mass is 485 g/mol. The number of unbranched alkanes of at least 4 members (excludes halogenated alkanes) is 1. The van der Waals surface area contributed by atoms with Crippen molar-refractivity contribution in [3.63, 3.8) is 0 Å². The van der Waals surface area contributed by atoms with Crippen LogP contribution in [0.1, 0.15) is 53.0 Å². The van der Waals surface area contributed by atoms with Gasteiger partial charge in [-0.05, 0) is 66.1 Å². The Balaban J connectivity index is 1.58. The smallest absolute Gasteiger partial charge is 0.273 e. The van der Waals surface area contributed by atoms with Gasteiger partial charge >= 0.3 is 0 Å². The minimum absolute atomic E-state index is 0.149. The third kappa shape index (κ3) is 4.56. The van der Waals surface area contributed by atoms with Crippen molar-refractivity contribution in [3.05, 3.63) is 101 Å². The van der Waals surface area contributed by atoms with E-state index >= 15 is 0 Å². The number of rotatable bonds is 9. The lowest BCUT2D eigenvalue weighted by Gasteiger charge is -2.27. The molecule has 0 saturated carbocycles. The Bertz CT molecular complexity index is 1350. The van der Waals surface area contributed by atoms with E-state index in [1.54, 1.807) is 24.1 Å². The Hall–Kier alpha value is -4.13. The maximum atomic E-state index is 13.6. The van der Waals surface area contributed by atoms with Crippen molar-refractivity contribution >= 4 is 5.91 Å². The molecule has 0 spiro atoms. The van der Waals surface area contributed by atoms with Gasteiger partial charge in [-0.15, -0.1) is 0 Å². The molecule has 3 aromatic carbocycles. The van der Waals surface area contributed by atoms with Crippen LogP contribution in [0.2, 0.25) is 0 Å². The van der Waals surface area contributed by atoms with Crippen molar-refractivity contribution in [2.45, 2.75) is 32.4 Å². The van der Waals surface area contributed by atoms with Crippen LogP contribution >= 0.6 is 0 Å². The molecule has 1 amide bonds. The van der Waals surface area contributed by atoms with Gasteiger partial charge in [0.05, 0.1) is 25.5 Å². The summed E-state index contributed by atoms with van der Waals surface area (Å²) in [4.78, 5) is 15.4. The van der Waals surface area contributed by atoms with E-state index in [4.69, 9.17) is 9.47 Å². The number of carbonyl (C=O) groups excluding carboxylic acids is 1. The van der Waals surface area contributed by atoms with E-state index in [2.05, 4.69) is 17.1 Å². The van der Waals surface area contributed by atoms with Gasteiger partial charge in [0.1, 0.15) is 23.0 Å². The maximum Gasteiger partial charge on any atom is 0.273 e. The Morgan fingerprint density at radius 2 is 1.81 bits per heavy atom. The predicted octanol–water partition coefficient (Wildman–Crippen LogP) is 6.15. The average Bonchev–Trinajstić information content (AvgIpc) is 3.45. The summed E-state index contributed by atoms with van der Waals surface area (Å²) >= 11 is 0. The highest BCUT2D eigenvalue weighted by Gasteiger charge is 2.42. The molecule has 0 aliphatic carbocycles. The molecule has 0 radical (unpaired) electrons. The number of hydrogen-bond donors (Lipinski definition) is 1. The second-order valence-electron chi connectivity index (χ2n) is 8.83. The van der Waals surface area contributed by atoms with Gasteiger partial charge < -0.3 is 14.4 Å². The number of amides is 1. The number of fused-ring (bicyclic) bond motifs is 1. The molecule has 0 bridgehead atoms. The number of aromatic amines is 1. The Kier molecular flexibility index (Phi) is 6.71. The molecule has 1 atom stereocenters. The number of methoxy groups -OCH3 is 1. The topological polar surface area (TPSA) is 67.5 Å². The van der Waals surface area contributed by atoms with Crippen molar-refractivity contribution in [3.8, 4) is 22.8 Å². The molecule has 1 aliphatic rings. The van der Waals surface area contributed by atoms with Crippen molar-refractivity contribution < 1.29 is 18.7 Å². The quantitative estimate of drug-likeness (QED) is 0.289. The molecule has 1 aromatic heterocycles. The molecule has 7 heteroatoms. The number of hydrogen-bond acceptors (Lipinski definition) is 4. The molecular formula is C29H28FN3O3. The number of carbonyl (C=O) groups is 1. The van der Waals surface area contributed by atoms with Crippen LogP contribution in [-0.4, -0.2) is 34.7 Å². The fourth-order valence-corrected chi connectivity index (χ4v) is 4.57. The van der Waals surface area contributed by atoms with Gasteiger partial charge in [-0.25, -0.2) is 4.39 Å². The summed E-state index contributed by atoms with van der Waals surface area (Å²) in [6.45, 7) is 3.09. The molecule has 184 valence electrons. The molecule has 36 heavy (non-hydrogen) atoms. The summed E-state index contributed by atoms with van der Waals surface area (Å²) in [5, 5.41) is 7.51. The lowest BCUT2D eigenvalue weighted by atomic mass is 9.95. The van der Waals surface area contributed by atoms with Crippen LogP contribution in [0.25, 0.3) is 11.3 Å². The van der Waals surface area contributed by atoms with Crippen LogP contribution in [0, 0.1) is 5.82 Å². The third-order valence-electron chi connectivity index (χ3n) is 6.43. The predicted molar refractivity (Wildman–Crippen MR) is 136 cm³/mol. The number of nitrogens with one attached hydrogen (secondary N) is 1. The van der Waals surface area contributed by atoms with Gasteiger partial charge in [0.2, 0.25) is 0 Å². The summed E-state index contributed by atoms with van der Waals surface area (Å²) in [5.41, 5.74) is 4.64. The number of halogens is 1. The van der Waals surface area contributed by atoms with Gasteiger partial charge in [0.15, 0.2) is 0 Å². The Morgan fingerprint density at radius 3 is 2.53 bits per heavy atom. The first-order valence-corrected chi connectivity index (χ1v) is 12.1. The van der Waals surface area contributed by atoms with Crippen molar-refractivity contribution in [2.75, 3.05) is 13.7 Å². The minimum atomic E-state index is -0.386. The molecule has 1 unspecified atom stereocenters. The largest absolute Gasteiger partial charge is 0.497 e. The molecule has 6 nitrogen and oxygen atoms in total. The van der Waals surface area contributed by atoms with Gasteiger partial charge in [0, 0.05) is 17.7 Å². The molecule has 1 N–H and O–H groups in total. The van der Waals surface area contributed by atoms with E-state index in [0.29, 0.717) is 24.5 Å². The summed E-state index contributed by atoms with van der Waals surface area (Å²) in [5.74, 6) is 1.05. The van der Waals surface area contributed by atoms with E-state index in [1.165, 1.54) is 12.1 Å². The number of H-pyrrole nitrogens is 1. The normalized spacial score (nSPS) is 14.7. The molecule has 2 heterocycles.